The number of amides is 1. The summed E-state index contributed by atoms with van der Waals surface area (Å²) >= 11 is 0. The predicted octanol–water partition coefficient (Wildman–Crippen LogP) is 2.53. The largest absolute Gasteiger partial charge is 0.481 e. The molecule has 3 fully saturated rings. The number of likely N-dealkylation sites (tertiary alicyclic amines) is 1. The van der Waals surface area contributed by atoms with E-state index in [0.29, 0.717) is 19.0 Å². The van der Waals surface area contributed by atoms with Crippen molar-refractivity contribution in [3.8, 4) is 0 Å². The van der Waals surface area contributed by atoms with Crippen LogP contribution in [0.5, 0.6) is 0 Å². The van der Waals surface area contributed by atoms with Crippen molar-refractivity contribution in [2.75, 3.05) is 13.1 Å². The molecule has 1 heterocycles. The lowest BCUT2D eigenvalue weighted by Gasteiger charge is -2.22. The highest BCUT2D eigenvalue weighted by Gasteiger charge is 2.47. The topological polar surface area (TPSA) is 57.6 Å². The van der Waals surface area contributed by atoms with Crippen LogP contribution in [0.25, 0.3) is 0 Å². The van der Waals surface area contributed by atoms with Gasteiger partial charge in [-0.25, -0.2) is 0 Å². The Balaban J connectivity index is 1.64. The van der Waals surface area contributed by atoms with Gasteiger partial charge in [0.05, 0.1) is 5.92 Å². The first kappa shape index (κ1) is 13.9. The van der Waals surface area contributed by atoms with Gasteiger partial charge in [0.1, 0.15) is 0 Å². The second-order valence-corrected chi connectivity index (χ2v) is 6.88. The molecule has 0 spiro atoms. The van der Waals surface area contributed by atoms with Gasteiger partial charge in [0, 0.05) is 19.0 Å². The first-order valence-electron chi connectivity index (χ1n) is 8.18. The quantitative estimate of drug-likeness (QED) is 0.808. The molecule has 2 saturated carbocycles. The molecule has 3 rings (SSSR count). The molecule has 20 heavy (non-hydrogen) atoms. The molecule has 0 aromatic heterocycles. The number of nitrogens with zero attached hydrogens (tertiary/aromatic N) is 1. The van der Waals surface area contributed by atoms with E-state index in [1.165, 1.54) is 12.8 Å². The van der Waals surface area contributed by atoms with Gasteiger partial charge < -0.3 is 10.0 Å². The van der Waals surface area contributed by atoms with Crippen molar-refractivity contribution in [3.63, 3.8) is 0 Å². The van der Waals surface area contributed by atoms with E-state index in [1.807, 2.05) is 4.90 Å². The number of carbonyl (C=O) groups is 2. The molecule has 0 aromatic rings. The molecular weight excluding hydrogens is 254 g/mol. The lowest BCUT2D eigenvalue weighted by molar-refractivity contribution is -0.143. The van der Waals surface area contributed by atoms with E-state index in [-0.39, 0.29) is 23.7 Å². The van der Waals surface area contributed by atoms with Crippen molar-refractivity contribution in [1.29, 1.82) is 0 Å². The number of rotatable bonds is 3. The summed E-state index contributed by atoms with van der Waals surface area (Å²) in [5, 5.41) is 9.38. The third-order valence-corrected chi connectivity index (χ3v) is 5.43. The predicted molar refractivity (Wildman–Crippen MR) is 75.1 cm³/mol. The molecule has 1 aliphatic heterocycles. The van der Waals surface area contributed by atoms with E-state index in [4.69, 9.17) is 0 Å². The van der Waals surface area contributed by atoms with Crippen LogP contribution in [0.4, 0.5) is 0 Å². The molecule has 4 heteroatoms. The molecule has 0 radical (unpaired) electrons. The van der Waals surface area contributed by atoms with E-state index in [2.05, 4.69) is 0 Å². The van der Waals surface area contributed by atoms with Gasteiger partial charge in [-0.1, -0.05) is 25.7 Å². The zero-order valence-corrected chi connectivity index (χ0v) is 12.1. The number of aliphatic carboxylic acids is 1. The van der Waals surface area contributed by atoms with E-state index in [9.17, 15) is 14.7 Å². The summed E-state index contributed by atoms with van der Waals surface area (Å²) in [6.07, 6.45) is 9.10. The van der Waals surface area contributed by atoms with Crippen molar-refractivity contribution in [3.05, 3.63) is 0 Å². The van der Waals surface area contributed by atoms with E-state index in [1.54, 1.807) is 0 Å². The number of hydrogen-bond acceptors (Lipinski definition) is 2. The van der Waals surface area contributed by atoms with Crippen molar-refractivity contribution in [1.82, 2.24) is 4.90 Å². The molecule has 4 nitrogen and oxygen atoms in total. The highest BCUT2D eigenvalue weighted by Crippen LogP contribution is 2.44. The molecule has 0 aromatic carbocycles. The van der Waals surface area contributed by atoms with Crippen molar-refractivity contribution in [2.45, 2.75) is 51.4 Å². The second-order valence-electron chi connectivity index (χ2n) is 6.88. The van der Waals surface area contributed by atoms with E-state index in [0.717, 1.165) is 38.5 Å². The van der Waals surface area contributed by atoms with Gasteiger partial charge in [-0.05, 0) is 37.5 Å². The Bertz CT molecular complexity index is 383. The van der Waals surface area contributed by atoms with E-state index < -0.39 is 5.97 Å². The Hall–Kier alpha value is -1.06. The normalized spacial score (nSPS) is 32.1. The fourth-order valence-corrected chi connectivity index (χ4v) is 4.06. The van der Waals surface area contributed by atoms with Crippen molar-refractivity contribution < 1.29 is 14.7 Å². The van der Waals surface area contributed by atoms with Crippen LogP contribution in [-0.2, 0) is 9.59 Å². The zero-order chi connectivity index (χ0) is 14.1. The van der Waals surface area contributed by atoms with Crippen LogP contribution in [0, 0.1) is 23.7 Å². The third-order valence-electron chi connectivity index (χ3n) is 5.43. The maximum absolute atomic E-state index is 12.6. The summed E-state index contributed by atoms with van der Waals surface area (Å²) in [5.74, 6) is 0.131. The van der Waals surface area contributed by atoms with Gasteiger partial charge in [-0.15, -0.1) is 0 Å². The molecule has 1 saturated heterocycles. The molecule has 0 unspecified atom stereocenters. The summed E-state index contributed by atoms with van der Waals surface area (Å²) in [6.45, 7) is 1.14. The lowest BCUT2D eigenvalue weighted by atomic mass is 9.92. The number of carboxylic acid groups (broad SMARTS) is 1. The minimum atomic E-state index is -0.710. The smallest absolute Gasteiger partial charge is 0.308 e. The molecule has 0 bridgehead atoms. The Morgan fingerprint density at radius 3 is 2.10 bits per heavy atom. The summed E-state index contributed by atoms with van der Waals surface area (Å²) in [5.41, 5.74) is 0. The van der Waals surface area contributed by atoms with Crippen LogP contribution in [0.15, 0.2) is 0 Å². The monoisotopic (exact) mass is 279 g/mol. The molecule has 3 aliphatic rings. The van der Waals surface area contributed by atoms with Gasteiger partial charge in [-0.2, -0.15) is 0 Å². The van der Waals surface area contributed by atoms with Crippen LogP contribution in [0.1, 0.15) is 51.4 Å². The van der Waals surface area contributed by atoms with Crippen LogP contribution in [0.3, 0.4) is 0 Å². The Labute approximate surface area is 120 Å². The minimum absolute atomic E-state index is 0.157. The number of carboxylic acids is 1. The molecule has 1 amide bonds. The number of carbonyl (C=O) groups excluding carboxylic acids is 1. The second kappa shape index (κ2) is 5.74. The summed E-state index contributed by atoms with van der Waals surface area (Å²) in [7, 11) is 0. The summed E-state index contributed by atoms with van der Waals surface area (Å²) in [6, 6.07) is 0. The van der Waals surface area contributed by atoms with Crippen LogP contribution in [-0.4, -0.2) is 35.0 Å². The first-order valence-corrected chi connectivity index (χ1v) is 8.18. The maximum Gasteiger partial charge on any atom is 0.308 e. The van der Waals surface area contributed by atoms with Crippen LogP contribution < -0.4 is 0 Å². The number of hydrogen-bond donors (Lipinski definition) is 1. The van der Waals surface area contributed by atoms with Gasteiger partial charge in [0.25, 0.3) is 0 Å². The van der Waals surface area contributed by atoms with Crippen LogP contribution in [0.2, 0.25) is 0 Å². The lowest BCUT2D eigenvalue weighted by Crippen LogP contribution is -2.35. The minimum Gasteiger partial charge on any atom is -0.481 e. The van der Waals surface area contributed by atoms with Gasteiger partial charge in [0.2, 0.25) is 5.91 Å². The van der Waals surface area contributed by atoms with Crippen molar-refractivity contribution in [2.24, 2.45) is 23.7 Å². The standard InChI is InChI=1S/C16H25NO3/c18-15(12-5-3-1-2-4-6-12)17-9-13(11-7-8-11)14(10-17)16(19)20/h11-14H,1-10H2,(H,19,20)/t13-,14+/m0/s1. The summed E-state index contributed by atoms with van der Waals surface area (Å²) in [4.78, 5) is 25.9. The zero-order valence-electron chi connectivity index (χ0n) is 12.1. The van der Waals surface area contributed by atoms with E-state index >= 15 is 0 Å². The summed E-state index contributed by atoms with van der Waals surface area (Å²) < 4.78 is 0. The molecule has 112 valence electrons. The van der Waals surface area contributed by atoms with Crippen LogP contribution >= 0.6 is 0 Å². The van der Waals surface area contributed by atoms with Gasteiger partial charge in [-0.3, -0.25) is 9.59 Å². The first-order chi connectivity index (χ1) is 9.66. The Kier molecular flexibility index (Phi) is 3.99. The Morgan fingerprint density at radius 1 is 0.900 bits per heavy atom. The fourth-order valence-electron chi connectivity index (χ4n) is 4.06. The molecule has 2 aliphatic carbocycles. The highest BCUT2D eigenvalue weighted by atomic mass is 16.4. The van der Waals surface area contributed by atoms with Crippen molar-refractivity contribution >= 4 is 11.9 Å². The maximum atomic E-state index is 12.6. The van der Waals surface area contributed by atoms with Gasteiger partial charge in [0.15, 0.2) is 0 Å². The molecule has 2 atom stereocenters. The molecular formula is C16H25NO3. The molecule has 1 N–H and O–H groups in total. The fraction of sp³-hybridized carbons (Fsp3) is 0.875. The third kappa shape index (κ3) is 2.84. The Morgan fingerprint density at radius 2 is 1.55 bits per heavy atom. The average Bonchev–Trinajstić information content (AvgIpc) is 3.22. The highest BCUT2D eigenvalue weighted by molar-refractivity contribution is 5.81. The SMILES string of the molecule is O=C(O)[C@@H]1CN(C(=O)C2CCCCCC2)C[C@H]1C1CC1. The van der Waals surface area contributed by atoms with Gasteiger partial charge >= 0.3 is 5.97 Å². The average molecular weight is 279 g/mol.